The lowest BCUT2D eigenvalue weighted by molar-refractivity contribution is -0.142. The first kappa shape index (κ1) is 16.1. The first-order valence-corrected chi connectivity index (χ1v) is 7.08. The summed E-state index contributed by atoms with van der Waals surface area (Å²) in [6, 6.07) is 3.68. The summed E-state index contributed by atoms with van der Waals surface area (Å²) in [4.78, 5) is 11.2. The van der Waals surface area contributed by atoms with Gasteiger partial charge in [-0.2, -0.15) is 0 Å². The fourth-order valence-corrected chi connectivity index (χ4v) is 2.27. The van der Waals surface area contributed by atoms with Gasteiger partial charge in [0.1, 0.15) is 12.7 Å². The molecule has 1 N–H and O–H groups in total. The van der Waals surface area contributed by atoms with Crippen LogP contribution in [0.25, 0.3) is 0 Å². The largest absolute Gasteiger partial charge is 0.493 e. The molecule has 1 heterocycles. The Morgan fingerprint density at radius 1 is 1.32 bits per heavy atom. The summed E-state index contributed by atoms with van der Waals surface area (Å²) in [5, 5.41) is 7.40. The highest BCUT2D eigenvalue weighted by Crippen LogP contribution is 2.36. The van der Waals surface area contributed by atoms with Gasteiger partial charge in [0.2, 0.25) is 0 Å². The Bertz CT molecular complexity index is 633. The average molecular weight is 371 g/mol. The minimum Gasteiger partial charge on any atom is -0.493 e. The molecule has 2 aromatic rings. The molecular weight excluding hydrogens is 356 g/mol. The van der Waals surface area contributed by atoms with Crippen molar-refractivity contribution in [3.05, 3.63) is 34.8 Å². The number of halogens is 1. The van der Waals surface area contributed by atoms with E-state index >= 15 is 0 Å². The molecule has 1 aromatic heterocycles. The van der Waals surface area contributed by atoms with Crippen LogP contribution >= 0.6 is 15.9 Å². The molecule has 0 bridgehead atoms. The minimum atomic E-state index is -0.465. The van der Waals surface area contributed by atoms with E-state index in [0.717, 1.165) is 5.56 Å². The van der Waals surface area contributed by atoms with Gasteiger partial charge in [-0.05, 0) is 33.6 Å². The lowest BCUT2D eigenvalue weighted by Gasteiger charge is -2.14. The van der Waals surface area contributed by atoms with E-state index in [1.807, 2.05) is 12.1 Å². The lowest BCUT2D eigenvalue weighted by atomic mass is 10.2. The molecule has 0 unspecified atom stereocenters. The number of esters is 1. The maximum Gasteiger partial charge on any atom is 0.343 e. The smallest absolute Gasteiger partial charge is 0.343 e. The number of nitrogens with one attached hydrogen (secondary N) is 1. The van der Waals surface area contributed by atoms with E-state index < -0.39 is 5.97 Å². The van der Waals surface area contributed by atoms with Crippen LogP contribution in [0.4, 0.5) is 0 Å². The van der Waals surface area contributed by atoms with E-state index in [1.165, 1.54) is 14.2 Å². The molecule has 22 heavy (non-hydrogen) atoms. The van der Waals surface area contributed by atoms with Gasteiger partial charge in [0.15, 0.2) is 18.1 Å². The Morgan fingerprint density at radius 3 is 2.68 bits per heavy atom. The number of nitrogens with zero attached hydrogens (tertiary/aromatic N) is 3. The SMILES string of the molecule is COC(=O)COc1c(Br)cc(CNn2cnnc2)cc1OC. The summed E-state index contributed by atoms with van der Waals surface area (Å²) in [7, 11) is 2.83. The van der Waals surface area contributed by atoms with Gasteiger partial charge in [0, 0.05) is 0 Å². The van der Waals surface area contributed by atoms with Crippen LogP contribution < -0.4 is 14.9 Å². The summed E-state index contributed by atoms with van der Waals surface area (Å²) >= 11 is 3.41. The highest BCUT2D eigenvalue weighted by Gasteiger charge is 2.13. The van der Waals surface area contributed by atoms with Crippen LogP contribution in [0.1, 0.15) is 5.56 Å². The van der Waals surface area contributed by atoms with Gasteiger partial charge in [0.25, 0.3) is 0 Å². The Labute approximate surface area is 135 Å². The van der Waals surface area contributed by atoms with Crippen molar-refractivity contribution in [1.82, 2.24) is 14.9 Å². The topological polar surface area (TPSA) is 87.5 Å². The molecule has 0 spiro atoms. The second kappa shape index (κ2) is 7.64. The third-order valence-electron chi connectivity index (χ3n) is 2.74. The molecule has 8 nitrogen and oxygen atoms in total. The van der Waals surface area contributed by atoms with Crippen LogP contribution in [0.5, 0.6) is 11.5 Å². The van der Waals surface area contributed by atoms with E-state index in [2.05, 4.69) is 36.3 Å². The molecule has 0 saturated carbocycles. The number of ether oxygens (including phenoxy) is 3. The maximum absolute atomic E-state index is 11.2. The molecular formula is C13H15BrN4O4. The molecule has 118 valence electrons. The number of hydrogen-bond donors (Lipinski definition) is 1. The standard InChI is InChI=1S/C13H15BrN4O4/c1-20-11-4-9(5-17-18-7-15-16-8-18)3-10(14)13(11)22-6-12(19)21-2/h3-4,7-8,17H,5-6H2,1-2H3. The van der Waals surface area contributed by atoms with Crippen LogP contribution in [-0.4, -0.2) is 41.7 Å². The van der Waals surface area contributed by atoms with Crippen LogP contribution in [0.15, 0.2) is 29.3 Å². The zero-order chi connectivity index (χ0) is 15.9. The number of hydrogen-bond acceptors (Lipinski definition) is 7. The van der Waals surface area contributed by atoms with E-state index in [9.17, 15) is 4.79 Å². The number of benzene rings is 1. The second-order valence-electron chi connectivity index (χ2n) is 4.18. The molecule has 0 aliphatic heterocycles. The molecule has 0 aliphatic carbocycles. The van der Waals surface area contributed by atoms with Gasteiger partial charge in [-0.15, -0.1) is 10.2 Å². The van der Waals surface area contributed by atoms with Crippen molar-refractivity contribution < 1.29 is 19.0 Å². The van der Waals surface area contributed by atoms with Gasteiger partial charge in [-0.3, -0.25) is 0 Å². The number of aromatic nitrogens is 3. The Hall–Kier alpha value is -2.29. The highest BCUT2D eigenvalue weighted by molar-refractivity contribution is 9.10. The minimum absolute atomic E-state index is 0.191. The molecule has 0 atom stereocenters. The maximum atomic E-state index is 11.2. The third-order valence-corrected chi connectivity index (χ3v) is 3.32. The number of methoxy groups -OCH3 is 2. The monoisotopic (exact) mass is 370 g/mol. The van der Waals surface area contributed by atoms with Gasteiger partial charge < -0.3 is 19.6 Å². The van der Waals surface area contributed by atoms with Crippen molar-refractivity contribution in [3.63, 3.8) is 0 Å². The molecule has 0 aliphatic rings. The summed E-state index contributed by atoms with van der Waals surface area (Å²) in [5.41, 5.74) is 4.05. The van der Waals surface area contributed by atoms with Crippen molar-refractivity contribution in [2.45, 2.75) is 6.54 Å². The molecule has 0 saturated heterocycles. The van der Waals surface area contributed by atoms with Crippen molar-refractivity contribution >= 4 is 21.9 Å². The van der Waals surface area contributed by atoms with E-state index in [4.69, 9.17) is 9.47 Å². The second-order valence-corrected chi connectivity index (χ2v) is 5.03. The van der Waals surface area contributed by atoms with Gasteiger partial charge in [0.05, 0.1) is 25.2 Å². The summed E-state index contributed by atoms with van der Waals surface area (Å²) in [6.45, 7) is 0.341. The third kappa shape index (κ3) is 4.10. The van der Waals surface area contributed by atoms with E-state index in [1.54, 1.807) is 17.3 Å². The van der Waals surface area contributed by atoms with Gasteiger partial charge in [-0.1, -0.05) is 0 Å². The van der Waals surface area contributed by atoms with Crippen molar-refractivity contribution in [3.8, 4) is 11.5 Å². The van der Waals surface area contributed by atoms with E-state index in [-0.39, 0.29) is 6.61 Å². The predicted molar refractivity (Wildman–Crippen MR) is 81.3 cm³/mol. The summed E-state index contributed by atoms with van der Waals surface area (Å²) in [5.74, 6) is 0.493. The van der Waals surface area contributed by atoms with E-state index in [0.29, 0.717) is 22.5 Å². The quantitative estimate of drug-likeness (QED) is 0.735. The van der Waals surface area contributed by atoms with Crippen LogP contribution in [0, 0.1) is 0 Å². The first-order chi connectivity index (χ1) is 10.6. The van der Waals surface area contributed by atoms with Crippen molar-refractivity contribution in [1.29, 1.82) is 0 Å². The molecule has 2 rings (SSSR count). The number of rotatable bonds is 7. The molecule has 0 fully saturated rings. The number of carbonyl (C=O) groups is 1. The van der Waals surface area contributed by atoms with Crippen molar-refractivity contribution in [2.24, 2.45) is 0 Å². The normalized spacial score (nSPS) is 10.1. The fraction of sp³-hybridized carbons (Fsp3) is 0.308. The zero-order valence-electron chi connectivity index (χ0n) is 12.1. The Morgan fingerprint density at radius 2 is 2.05 bits per heavy atom. The van der Waals surface area contributed by atoms with Crippen molar-refractivity contribution in [2.75, 3.05) is 26.3 Å². The Kier molecular flexibility index (Phi) is 5.59. The molecule has 9 heteroatoms. The van der Waals surface area contributed by atoms with Crippen LogP contribution in [0.3, 0.4) is 0 Å². The van der Waals surface area contributed by atoms with Gasteiger partial charge in [-0.25, -0.2) is 9.47 Å². The lowest BCUT2D eigenvalue weighted by Crippen LogP contribution is -2.14. The van der Waals surface area contributed by atoms with Crippen LogP contribution in [-0.2, 0) is 16.1 Å². The fourth-order valence-electron chi connectivity index (χ4n) is 1.67. The molecule has 1 aromatic carbocycles. The van der Waals surface area contributed by atoms with Gasteiger partial charge >= 0.3 is 5.97 Å². The first-order valence-electron chi connectivity index (χ1n) is 6.28. The van der Waals surface area contributed by atoms with Crippen LogP contribution in [0.2, 0.25) is 0 Å². The molecule has 0 amide bonds. The summed E-state index contributed by atoms with van der Waals surface area (Å²) < 4.78 is 17.6. The molecule has 0 radical (unpaired) electrons. The average Bonchev–Trinajstić information content (AvgIpc) is 3.04. The Balaban J connectivity index is 2.10. The zero-order valence-corrected chi connectivity index (χ0v) is 13.7. The highest BCUT2D eigenvalue weighted by atomic mass is 79.9. The predicted octanol–water partition coefficient (Wildman–Crippen LogP) is 1.34. The number of carbonyl (C=O) groups excluding carboxylic acids is 1. The summed E-state index contributed by atoms with van der Waals surface area (Å²) in [6.07, 6.45) is 3.11.